The van der Waals surface area contributed by atoms with Crippen molar-refractivity contribution in [3.8, 4) is 0 Å². The minimum absolute atomic E-state index is 0.175. The second-order valence-electron chi connectivity index (χ2n) is 20.4. The predicted octanol–water partition coefficient (Wildman–Crippen LogP) is 14.4. The summed E-state index contributed by atoms with van der Waals surface area (Å²) in [7, 11) is 0. The lowest BCUT2D eigenvalue weighted by Crippen LogP contribution is -2.60. The number of unbranched alkanes of at least 4 members (excludes halogenated alkanes) is 36. The number of aliphatic hydroxyl groups excluding tert-OH is 5. The van der Waals surface area contributed by atoms with Crippen molar-refractivity contribution in [2.24, 2.45) is 0 Å². The van der Waals surface area contributed by atoms with Gasteiger partial charge in [0.05, 0.1) is 25.4 Å². The number of allylic oxidation sites excluding steroid dienone is 5. The summed E-state index contributed by atoms with van der Waals surface area (Å²) in [6.07, 6.45) is 56.7. The smallest absolute Gasteiger partial charge is 0.220 e. The molecule has 7 atom stereocenters. The van der Waals surface area contributed by atoms with Gasteiger partial charge in [-0.25, -0.2) is 0 Å². The van der Waals surface area contributed by atoms with Gasteiger partial charge in [-0.2, -0.15) is 0 Å². The van der Waals surface area contributed by atoms with Gasteiger partial charge in [0.25, 0.3) is 0 Å². The van der Waals surface area contributed by atoms with E-state index in [0.717, 1.165) is 44.9 Å². The van der Waals surface area contributed by atoms with E-state index >= 15 is 0 Å². The first-order valence-corrected chi connectivity index (χ1v) is 29.2. The molecule has 1 amide bonds. The average Bonchev–Trinajstić information content (AvgIpc) is 3.34. The maximum atomic E-state index is 13.0. The molecule has 0 spiro atoms. The van der Waals surface area contributed by atoms with Gasteiger partial charge in [-0.15, -0.1) is 0 Å². The Morgan fingerprint density at radius 3 is 1.26 bits per heavy atom. The average molecular weight is 963 g/mol. The fraction of sp³-hybridized carbons (Fsp3) is 0.881. The van der Waals surface area contributed by atoms with E-state index in [0.29, 0.717) is 6.42 Å². The number of amides is 1. The molecule has 400 valence electrons. The highest BCUT2D eigenvalue weighted by Gasteiger charge is 2.44. The number of ether oxygens (including phenoxy) is 2. The molecular formula is C59H111NO8. The van der Waals surface area contributed by atoms with E-state index in [9.17, 15) is 30.3 Å². The second-order valence-corrected chi connectivity index (χ2v) is 20.4. The van der Waals surface area contributed by atoms with Crippen molar-refractivity contribution in [1.29, 1.82) is 0 Å². The number of hydrogen-bond acceptors (Lipinski definition) is 8. The summed E-state index contributed by atoms with van der Waals surface area (Å²) >= 11 is 0. The normalized spacial score (nSPS) is 19.8. The standard InChI is InChI=1S/C59H111NO8/c1-3-5-7-9-11-13-15-16-17-18-19-20-21-22-23-24-25-26-27-28-29-30-31-32-33-34-35-36-37-38-39-41-43-45-47-49-55(63)60-52(51-67-59-58(66)57(65)56(64)54(50-61)68-59)53(62)48-46-44-42-40-14-12-10-8-6-4-2/h15-16,18-19,46,48,52-54,56-59,61-62,64-66H,3-14,17,20-45,47,49-51H2,1-2H3,(H,60,63)/b16-15-,19-18-,48-46+. The van der Waals surface area contributed by atoms with E-state index in [1.54, 1.807) is 6.08 Å². The Labute approximate surface area is 419 Å². The highest BCUT2D eigenvalue weighted by molar-refractivity contribution is 5.76. The van der Waals surface area contributed by atoms with Crippen molar-refractivity contribution < 1.29 is 39.8 Å². The summed E-state index contributed by atoms with van der Waals surface area (Å²) < 4.78 is 11.2. The number of carbonyl (C=O) groups excluding carboxylic acids is 1. The molecule has 0 saturated carbocycles. The Hall–Kier alpha value is -1.59. The van der Waals surface area contributed by atoms with E-state index in [-0.39, 0.29) is 12.5 Å². The van der Waals surface area contributed by atoms with Gasteiger partial charge in [-0.1, -0.05) is 256 Å². The van der Waals surface area contributed by atoms with E-state index in [2.05, 4.69) is 43.5 Å². The third-order valence-electron chi connectivity index (χ3n) is 14.0. The summed E-state index contributed by atoms with van der Waals surface area (Å²) in [4.78, 5) is 13.0. The summed E-state index contributed by atoms with van der Waals surface area (Å²) in [5.74, 6) is -0.175. The largest absolute Gasteiger partial charge is 0.394 e. The molecule has 0 aliphatic carbocycles. The summed E-state index contributed by atoms with van der Waals surface area (Å²) in [5.41, 5.74) is 0. The maximum Gasteiger partial charge on any atom is 0.220 e. The van der Waals surface area contributed by atoms with Crippen LogP contribution in [0.15, 0.2) is 36.5 Å². The van der Waals surface area contributed by atoms with Crippen molar-refractivity contribution in [3.05, 3.63) is 36.5 Å². The van der Waals surface area contributed by atoms with Crippen LogP contribution in [0.3, 0.4) is 0 Å². The maximum absolute atomic E-state index is 13.0. The van der Waals surface area contributed by atoms with Crippen molar-refractivity contribution in [3.63, 3.8) is 0 Å². The lowest BCUT2D eigenvalue weighted by atomic mass is 9.99. The molecule has 0 bridgehead atoms. The SMILES string of the molecule is CCCCCCC/C=C\C/C=C\CCCCCCCCCCCCCCCCCCCCCCCCCC(=O)NC(COC1OC(CO)C(O)C(O)C1O)C(O)/C=C/CCCCCCCCCC. The number of hydrogen-bond donors (Lipinski definition) is 6. The fourth-order valence-electron chi connectivity index (χ4n) is 9.31. The first-order valence-electron chi connectivity index (χ1n) is 29.2. The minimum Gasteiger partial charge on any atom is -0.394 e. The van der Waals surface area contributed by atoms with Gasteiger partial charge in [0, 0.05) is 6.42 Å². The highest BCUT2D eigenvalue weighted by atomic mass is 16.7. The summed E-state index contributed by atoms with van der Waals surface area (Å²) in [6, 6.07) is -0.801. The fourth-order valence-corrected chi connectivity index (χ4v) is 9.31. The van der Waals surface area contributed by atoms with E-state index < -0.39 is 49.5 Å². The molecule has 1 fully saturated rings. The van der Waals surface area contributed by atoms with Crippen LogP contribution in [0.2, 0.25) is 0 Å². The first-order chi connectivity index (χ1) is 33.3. The lowest BCUT2D eigenvalue weighted by Gasteiger charge is -2.40. The Balaban J connectivity index is 2.04. The molecule has 1 heterocycles. The van der Waals surface area contributed by atoms with Gasteiger partial charge >= 0.3 is 0 Å². The second kappa shape index (κ2) is 49.0. The van der Waals surface area contributed by atoms with E-state index in [4.69, 9.17) is 9.47 Å². The lowest BCUT2D eigenvalue weighted by molar-refractivity contribution is -0.302. The molecule has 1 aliphatic rings. The van der Waals surface area contributed by atoms with Crippen LogP contribution in [0.4, 0.5) is 0 Å². The molecule has 68 heavy (non-hydrogen) atoms. The molecular weight excluding hydrogens is 851 g/mol. The molecule has 9 nitrogen and oxygen atoms in total. The van der Waals surface area contributed by atoms with Gasteiger partial charge in [-0.3, -0.25) is 4.79 Å². The molecule has 1 rings (SSSR count). The van der Waals surface area contributed by atoms with Gasteiger partial charge in [0.1, 0.15) is 24.4 Å². The quantitative estimate of drug-likeness (QED) is 0.0261. The van der Waals surface area contributed by atoms with Gasteiger partial charge in [-0.05, 0) is 51.4 Å². The van der Waals surface area contributed by atoms with Crippen molar-refractivity contribution in [2.75, 3.05) is 13.2 Å². The Bertz CT molecular complexity index is 1160. The third kappa shape index (κ3) is 38.1. The number of aliphatic hydroxyl groups is 5. The molecule has 0 aromatic rings. The Kier molecular flexibility index (Phi) is 46.4. The topological polar surface area (TPSA) is 149 Å². The van der Waals surface area contributed by atoms with Crippen LogP contribution >= 0.6 is 0 Å². The Morgan fingerprint density at radius 2 is 0.868 bits per heavy atom. The third-order valence-corrected chi connectivity index (χ3v) is 14.0. The molecule has 7 unspecified atom stereocenters. The zero-order valence-electron chi connectivity index (χ0n) is 44.4. The van der Waals surface area contributed by atoms with Gasteiger partial charge in [0.15, 0.2) is 6.29 Å². The van der Waals surface area contributed by atoms with Crippen LogP contribution in [0, 0.1) is 0 Å². The molecule has 0 radical (unpaired) electrons. The monoisotopic (exact) mass is 962 g/mol. The summed E-state index contributed by atoms with van der Waals surface area (Å²) in [5, 5.41) is 54.3. The van der Waals surface area contributed by atoms with Crippen molar-refractivity contribution in [2.45, 2.75) is 320 Å². The van der Waals surface area contributed by atoms with Crippen LogP contribution in [0.5, 0.6) is 0 Å². The molecule has 0 aromatic carbocycles. The molecule has 9 heteroatoms. The van der Waals surface area contributed by atoms with Gasteiger partial charge in [0.2, 0.25) is 5.91 Å². The number of carbonyl (C=O) groups is 1. The molecule has 1 saturated heterocycles. The van der Waals surface area contributed by atoms with Crippen molar-refractivity contribution >= 4 is 5.91 Å². The van der Waals surface area contributed by atoms with Crippen LogP contribution in [-0.4, -0.2) is 87.5 Å². The zero-order valence-corrected chi connectivity index (χ0v) is 44.4. The number of rotatable bonds is 50. The van der Waals surface area contributed by atoms with Crippen LogP contribution in [0.1, 0.15) is 277 Å². The van der Waals surface area contributed by atoms with E-state index in [1.807, 2.05) is 6.08 Å². The Morgan fingerprint density at radius 1 is 0.500 bits per heavy atom. The van der Waals surface area contributed by atoms with Crippen LogP contribution in [0.25, 0.3) is 0 Å². The van der Waals surface area contributed by atoms with Crippen LogP contribution in [-0.2, 0) is 14.3 Å². The highest BCUT2D eigenvalue weighted by Crippen LogP contribution is 2.23. The first kappa shape index (κ1) is 64.4. The van der Waals surface area contributed by atoms with E-state index in [1.165, 1.54) is 212 Å². The minimum atomic E-state index is -1.56. The number of nitrogens with one attached hydrogen (secondary N) is 1. The predicted molar refractivity (Wildman–Crippen MR) is 286 cm³/mol. The molecule has 1 aliphatic heterocycles. The van der Waals surface area contributed by atoms with Gasteiger partial charge < -0.3 is 40.3 Å². The molecule has 6 N–H and O–H groups in total. The zero-order chi connectivity index (χ0) is 49.4. The van der Waals surface area contributed by atoms with Crippen molar-refractivity contribution in [1.82, 2.24) is 5.32 Å². The van der Waals surface area contributed by atoms with Crippen LogP contribution < -0.4 is 5.32 Å². The summed E-state index contributed by atoms with van der Waals surface area (Å²) in [6.45, 7) is 3.76. The molecule has 0 aromatic heterocycles.